The van der Waals surface area contributed by atoms with Crippen LogP contribution in [0.1, 0.15) is 36.1 Å². The zero-order chi connectivity index (χ0) is 20.9. The predicted molar refractivity (Wildman–Crippen MR) is 112 cm³/mol. The highest BCUT2D eigenvalue weighted by Gasteiger charge is 2.34. The van der Waals surface area contributed by atoms with E-state index in [9.17, 15) is 9.59 Å². The van der Waals surface area contributed by atoms with Gasteiger partial charge in [0.05, 0.1) is 11.5 Å². The molecule has 0 bridgehead atoms. The molecule has 29 heavy (non-hydrogen) atoms. The Morgan fingerprint density at radius 2 is 1.72 bits per heavy atom. The maximum atomic E-state index is 10.8. The number of aliphatic carboxylic acids is 2. The molecule has 0 spiro atoms. The third-order valence-corrected chi connectivity index (χ3v) is 5.32. The molecule has 0 amide bonds. The molecule has 5 heteroatoms. The van der Waals surface area contributed by atoms with Crippen molar-refractivity contribution in [1.29, 1.82) is 0 Å². The summed E-state index contributed by atoms with van der Waals surface area (Å²) in [5.41, 5.74) is 3.32. The van der Waals surface area contributed by atoms with Gasteiger partial charge in [-0.3, -0.25) is 4.79 Å². The molecule has 2 atom stereocenters. The van der Waals surface area contributed by atoms with Crippen LogP contribution >= 0.6 is 0 Å². The molecule has 0 saturated carbocycles. The molecule has 5 nitrogen and oxygen atoms in total. The normalized spacial score (nSPS) is 22.5. The summed E-state index contributed by atoms with van der Waals surface area (Å²) in [5.74, 6) is -2.06. The molecule has 0 aromatic heterocycles. The highest BCUT2D eigenvalue weighted by Crippen LogP contribution is 2.31. The van der Waals surface area contributed by atoms with E-state index in [2.05, 4.69) is 59.9 Å². The summed E-state index contributed by atoms with van der Waals surface area (Å²) in [4.78, 5) is 21.3. The lowest BCUT2D eigenvalue weighted by molar-refractivity contribution is -0.145. The molecule has 0 saturated heterocycles. The van der Waals surface area contributed by atoms with Crippen LogP contribution in [0, 0.1) is 5.41 Å². The number of hydrogen-bond donors (Lipinski definition) is 3. The van der Waals surface area contributed by atoms with Crippen molar-refractivity contribution >= 4 is 11.9 Å². The number of carboxylic acid groups (broad SMARTS) is 2. The summed E-state index contributed by atoms with van der Waals surface area (Å²) in [6, 6.07) is 19.8. The molecular weight excluding hydrogens is 366 g/mol. The zero-order valence-corrected chi connectivity index (χ0v) is 16.3. The van der Waals surface area contributed by atoms with Crippen molar-refractivity contribution in [2.45, 2.75) is 25.8 Å². The molecule has 3 N–H and O–H groups in total. The van der Waals surface area contributed by atoms with E-state index < -0.39 is 17.4 Å². The summed E-state index contributed by atoms with van der Waals surface area (Å²) >= 11 is 0. The second-order valence-corrected chi connectivity index (χ2v) is 7.50. The lowest BCUT2D eigenvalue weighted by atomic mass is 9.80. The molecule has 2 aromatic rings. The van der Waals surface area contributed by atoms with E-state index in [0.717, 1.165) is 13.0 Å². The maximum Gasteiger partial charge on any atom is 0.331 e. The van der Waals surface area contributed by atoms with Crippen LogP contribution in [0.2, 0.25) is 0 Å². The van der Waals surface area contributed by atoms with Crippen LogP contribution in [0.5, 0.6) is 0 Å². The number of fused-ring (bicyclic) bond motifs is 1. The SMILES string of the molecule is CC1(C(=O)O)C=CC=C(C(=O)O)C1.c1ccc(C2NCCc3ccccc32)cc1. The van der Waals surface area contributed by atoms with Crippen molar-refractivity contribution in [3.8, 4) is 0 Å². The first-order valence-corrected chi connectivity index (χ1v) is 9.62. The van der Waals surface area contributed by atoms with Crippen molar-refractivity contribution < 1.29 is 19.8 Å². The van der Waals surface area contributed by atoms with E-state index in [1.807, 2.05) is 0 Å². The molecule has 0 fully saturated rings. The average Bonchev–Trinajstić information content (AvgIpc) is 2.74. The van der Waals surface area contributed by atoms with E-state index in [-0.39, 0.29) is 12.0 Å². The summed E-state index contributed by atoms with van der Waals surface area (Å²) in [5, 5.41) is 21.1. The predicted octanol–water partition coefficient (Wildman–Crippen LogP) is 3.97. The molecule has 1 heterocycles. The monoisotopic (exact) mass is 391 g/mol. The third kappa shape index (κ3) is 4.81. The van der Waals surface area contributed by atoms with E-state index in [1.165, 1.54) is 41.8 Å². The van der Waals surface area contributed by atoms with Gasteiger partial charge in [0.2, 0.25) is 0 Å². The first kappa shape index (κ1) is 20.6. The van der Waals surface area contributed by atoms with Crippen molar-refractivity contribution in [2.24, 2.45) is 5.41 Å². The number of hydrogen-bond acceptors (Lipinski definition) is 3. The van der Waals surface area contributed by atoms with Gasteiger partial charge in [0.15, 0.2) is 0 Å². The fourth-order valence-electron chi connectivity index (χ4n) is 3.63. The number of carbonyl (C=O) groups is 2. The molecule has 2 aromatic carbocycles. The lowest BCUT2D eigenvalue weighted by Crippen LogP contribution is -2.30. The Labute approximate surface area is 170 Å². The van der Waals surface area contributed by atoms with Crippen LogP contribution < -0.4 is 5.32 Å². The minimum absolute atomic E-state index is 0.0359. The van der Waals surface area contributed by atoms with E-state index in [1.54, 1.807) is 0 Å². The smallest absolute Gasteiger partial charge is 0.331 e. The van der Waals surface area contributed by atoms with Crippen LogP contribution in [0.15, 0.2) is 78.4 Å². The highest BCUT2D eigenvalue weighted by atomic mass is 16.4. The van der Waals surface area contributed by atoms with Gasteiger partial charge in [0.1, 0.15) is 0 Å². The minimum atomic E-state index is -1.08. The standard InChI is InChI=1S/C15H15N.C9H10O4/c1-2-7-13(8-3-1)15-14-9-5-4-6-12(14)10-11-16-15;1-9(8(12)13)4-2-3-6(5-9)7(10)11/h1-9,15-16H,10-11H2;2-4H,5H2,1H3,(H,10,11)(H,12,13). The van der Waals surface area contributed by atoms with Crippen molar-refractivity contribution in [1.82, 2.24) is 5.32 Å². The van der Waals surface area contributed by atoms with Gasteiger partial charge >= 0.3 is 11.9 Å². The van der Waals surface area contributed by atoms with Gasteiger partial charge in [0, 0.05) is 12.1 Å². The number of carboxylic acids is 2. The largest absolute Gasteiger partial charge is 0.481 e. The molecule has 150 valence electrons. The van der Waals surface area contributed by atoms with Gasteiger partial charge in [0.25, 0.3) is 0 Å². The first-order chi connectivity index (χ1) is 13.9. The topological polar surface area (TPSA) is 86.6 Å². The van der Waals surface area contributed by atoms with E-state index >= 15 is 0 Å². The fraction of sp³-hybridized carbons (Fsp3) is 0.250. The molecule has 4 rings (SSSR count). The fourth-order valence-corrected chi connectivity index (χ4v) is 3.63. The first-order valence-electron chi connectivity index (χ1n) is 9.62. The van der Waals surface area contributed by atoms with Crippen LogP contribution in [0.4, 0.5) is 0 Å². The maximum absolute atomic E-state index is 10.8. The Balaban J connectivity index is 0.000000170. The second kappa shape index (κ2) is 8.88. The lowest BCUT2D eigenvalue weighted by Gasteiger charge is -2.27. The molecule has 2 aliphatic rings. The van der Waals surface area contributed by atoms with E-state index in [0.29, 0.717) is 6.04 Å². The summed E-state index contributed by atoms with van der Waals surface area (Å²) < 4.78 is 0. The third-order valence-electron chi connectivity index (χ3n) is 5.32. The Bertz CT molecular complexity index is 948. The summed E-state index contributed by atoms with van der Waals surface area (Å²) in [7, 11) is 0. The summed E-state index contributed by atoms with van der Waals surface area (Å²) in [6.07, 6.45) is 5.57. The molecule has 1 aliphatic carbocycles. The van der Waals surface area contributed by atoms with E-state index in [4.69, 9.17) is 10.2 Å². The molecule has 2 unspecified atom stereocenters. The van der Waals surface area contributed by atoms with Crippen LogP contribution in [-0.2, 0) is 16.0 Å². The number of allylic oxidation sites excluding steroid dienone is 2. The number of rotatable bonds is 3. The van der Waals surface area contributed by atoms with Gasteiger partial charge < -0.3 is 15.5 Å². The minimum Gasteiger partial charge on any atom is -0.481 e. The van der Waals surface area contributed by atoms with Crippen LogP contribution in [0.25, 0.3) is 0 Å². The van der Waals surface area contributed by atoms with Crippen molar-refractivity contribution in [3.05, 3.63) is 95.1 Å². The number of benzene rings is 2. The van der Waals surface area contributed by atoms with Crippen molar-refractivity contribution in [3.63, 3.8) is 0 Å². The second-order valence-electron chi connectivity index (χ2n) is 7.50. The molecular formula is C24H25NO4. The molecule has 1 aliphatic heterocycles. The Morgan fingerprint density at radius 3 is 2.41 bits per heavy atom. The Kier molecular flexibility index (Phi) is 6.29. The van der Waals surface area contributed by atoms with Gasteiger partial charge in [-0.25, -0.2) is 4.79 Å². The Morgan fingerprint density at radius 1 is 1.03 bits per heavy atom. The Hall–Kier alpha value is -3.18. The van der Waals surface area contributed by atoms with Crippen molar-refractivity contribution in [2.75, 3.05) is 6.54 Å². The highest BCUT2D eigenvalue weighted by molar-refractivity contribution is 5.90. The van der Waals surface area contributed by atoms with Gasteiger partial charge in [-0.15, -0.1) is 0 Å². The quantitative estimate of drug-likeness (QED) is 0.737. The average molecular weight is 391 g/mol. The number of nitrogens with one attached hydrogen (secondary N) is 1. The van der Waals surface area contributed by atoms with Gasteiger partial charge in [-0.05, 0) is 36.5 Å². The van der Waals surface area contributed by atoms with Gasteiger partial charge in [-0.2, -0.15) is 0 Å². The molecule has 0 radical (unpaired) electrons. The van der Waals surface area contributed by atoms with Crippen LogP contribution in [-0.4, -0.2) is 28.7 Å². The zero-order valence-electron chi connectivity index (χ0n) is 16.3. The van der Waals surface area contributed by atoms with Gasteiger partial charge in [-0.1, -0.05) is 72.8 Å². The summed E-state index contributed by atoms with van der Waals surface area (Å²) in [6.45, 7) is 2.57. The van der Waals surface area contributed by atoms with Crippen LogP contribution in [0.3, 0.4) is 0 Å².